The molecule has 1 amide bonds. The van der Waals surface area contributed by atoms with Crippen LogP contribution in [0.25, 0.3) is 0 Å². The molecule has 2 aromatic carbocycles. The second-order valence-corrected chi connectivity index (χ2v) is 9.60. The van der Waals surface area contributed by atoms with Gasteiger partial charge in [-0.2, -0.15) is 5.10 Å². The van der Waals surface area contributed by atoms with E-state index >= 15 is 0 Å². The number of hydrazone groups is 1. The van der Waals surface area contributed by atoms with Crippen molar-refractivity contribution in [1.29, 1.82) is 0 Å². The van der Waals surface area contributed by atoms with Crippen LogP contribution in [0.3, 0.4) is 0 Å². The average Bonchev–Trinajstić information content (AvgIpc) is 3.07. The van der Waals surface area contributed by atoms with Gasteiger partial charge in [0.05, 0.1) is 16.8 Å². The number of hydrogen-bond acceptors (Lipinski definition) is 4. The normalized spacial score (nSPS) is 22.5. The Morgan fingerprint density at radius 2 is 1.65 bits per heavy atom. The van der Waals surface area contributed by atoms with Crippen molar-refractivity contribution in [3.63, 3.8) is 0 Å². The third-order valence-electron chi connectivity index (χ3n) is 6.03. The highest BCUT2D eigenvalue weighted by atomic mass is 35.5. The van der Waals surface area contributed by atoms with E-state index in [9.17, 15) is 4.79 Å². The van der Waals surface area contributed by atoms with Crippen molar-refractivity contribution in [2.24, 2.45) is 16.9 Å². The zero-order chi connectivity index (χ0) is 22.1. The van der Waals surface area contributed by atoms with Gasteiger partial charge in [-0.3, -0.25) is 15.2 Å². The lowest BCUT2D eigenvalue weighted by Gasteiger charge is -2.30. The lowest BCUT2D eigenvalue weighted by Crippen LogP contribution is -2.49. The molecule has 0 aromatic heterocycles. The number of nitrogens with one attached hydrogen (secondary N) is 1. The number of hydrazine groups is 1. The summed E-state index contributed by atoms with van der Waals surface area (Å²) in [6.07, 6.45) is 2.14. The predicted molar refractivity (Wildman–Crippen MR) is 128 cm³/mol. The zero-order valence-corrected chi connectivity index (χ0v) is 19.8. The first-order valence-corrected chi connectivity index (χ1v) is 11.6. The molecule has 1 fully saturated rings. The largest absolute Gasteiger partial charge is 0.284 e. The number of hydrogen-bond donors (Lipinski definition) is 1. The summed E-state index contributed by atoms with van der Waals surface area (Å²) in [6.45, 7) is 5.95. The fraction of sp³-hybridized carbons (Fsp3) is 0.391. The van der Waals surface area contributed by atoms with E-state index in [2.05, 4.69) is 12.3 Å². The van der Waals surface area contributed by atoms with Crippen molar-refractivity contribution >= 4 is 52.1 Å². The quantitative estimate of drug-likeness (QED) is 0.588. The van der Waals surface area contributed by atoms with Crippen LogP contribution in [0, 0.1) is 11.8 Å². The first kappa shape index (κ1) is 22.4. The second kappa shape index (κ2) is 9.37. The molecule has 0 bridgehead atoms. The Bertz CT molecular complexity index is 987. The number of amides is 1. The highest BCUT2D eigenvalue weighted by Crippen LogP contribution is 2.42. The van der Waals surface area contributed by atoms with E-state index in [1.54, 1.807) is 12.1 Å². The monoisotopic (exact) mass is 478 g/mol. The van der Waals surface area contributed by atoms with E-state index < -0.39 is 0 Å². The van der Waals surface area contributed by atoms with E-state index in [-0.39, 0.29) is 17.9 Å². The Labute approximate surface area is 197 Å². The molecule has 0 saturated carbocycles. The van der Waals surface area contributed by atoms with Crippen molar-refractivity contribution in [2.75, 3.05) is 18.1 Å². The smallest absolute Gasteiger partial charge is 0.282 e. The topological polar surface area (TPSA) is 47.9 Å². The maximum Gasteiger partial charge on any atom is 0.282 e. The van der Waals surface area contributed by atoms with Crippen LogP contribution < -0.4 is 10.4 Å². The van der Waals surface area contributed by atoms with Gasteiger partial charge in [-0.1, -0.05) is 60.8 Å². The summed E-state index contributed by atoms with van der Waals surface area (Å²) >= 11 is 18.7. The van der Waals surface area contributed by atoms with E-state index in [0.29, 0.717) is 32.4 Å². The lowest BCUT2D eigenvalue weighted by molar-refractivity contribution is -0.120. The molecule has 4 rings (SSSR count). The lowest BCUT2D eigenvalue weighted by atomic mass is 9.91. The Kier molecular flexibility index (Phi) is 6.77. The van der Waals surface area contributed by atoms with Gasteiger partial charge in [-0.05, 0) is 54.7 Å². The van der Waals surface area contributed by atoms with Crippen LogP contribution in [0.5, 0.6) is 0 Å². The van der Waals surface area contributed by atoms with Crippen LogP contribution in [0.1, 0.15) is 38.3 Å². The van der Waals surface area contributed by atoms with Crippen LogP contribution in [0.4, 0.5) is 5.69 Å². The van der Waals surface area contributed by atoms with Gasteiger partial charge < -0.3 is 0 Å². The molecule has 2 aliphatic heterocycles. The summed E-state index contributed by atoms with van der Waals surface area (Å²) < 4.78 is 0. The van der Waals surface area contributed by atoms with E-state index in [4.69, 9.17) is 39.9 Å². The maximum atomic E-state index is 13.2. The molecule has 1 saturated heterocycles. The van der Waals surface area contributed by atoms with E-state index in [1.807, 2.05) is 47.3 Å². The summed E-state index contributed by atoms with van der Waals surface area (Å²) in [5.74, 6) is 0.359. The average molecular weight is 480 g/mol. The molecule has 0 spiro atoms. The fourth-order valence-electron chi connectivity index (χ4n) is 4.16. The van der Waals surface area contributed by atoms with Crippen LogP contribution in [0.15, 0.2) is 47.6 Å². The van der Waals surface area contributed by atoms with Crippen molar-refractivity contribution in [1.82, 2.24) is 10.4 Å². The molecule has 8 heteroatoms. The van der Waals surface area contributed by atoms with Crippen LogP contribution in [0.2, 0.25) is 15.1 Å². The third kappa shape index (κ3) is 4.85. The van der Waals surface area contributed by atoms with E-state index in [0.717, 1.165) is 31.5 Å². The summed E-state index contributed by atoms with van der Waals surface area (Å²) in [5.41, 5.74) is 5.23. The summed E-state index contributed by atoms with van der Waals surface area (Å²) in [4.78, 5) is 13.2. The number of carbonyl (C=O) groups is 1. The number of benzene rings is 2. The Morgan fingerprint density at radius 3 is 2.29 bits per heavy atom. The van der Waals surface area contributed by atoms with Crippen LogP contribution >= 0.6 is 34.8 Å². The highest BCUT2D eigenvalue weighted by molar-refractivity contribution is 6.41. The molecule has 2 heterocycles. The van der Waals surface area contributed by atoms with Gasteiger partial charge in [-0.25, -0.2) is 5.01 Å². The number of nitrogens with zero attached hydrogens (tertiary/aromatic N) is 3. The molecule has 0 radical (unpaired) electrons. The molecular formula is C23H25Cl3N4O. The molecule has 2 aromatic rings. The third-order valence-corrected chi connectivity index (χ3v) is 6.82. The molecule has 2 atom stereocenters. The molecule has 0 aliphatic carbocycles. The molecule has 5 nitrogen and oxygen atoms in total. The number of carbonyl (C=O) groups excluding carboxylic acids is 1. The Hall–Kier alpha value is -1.79. The van der Waals surface area contributed by atoms with Gasteiger partial charge in [0.25, 0.3) is 5.91 Å². The van der Waals surface area contributed by atoms with Crippen molar-refractivity contribution < 1.29 is 4.79 Å². The first-order valence-electron chi connectivity index (χ1n) is 10.5. The van der Waals surface area contributed by atoms with Gasteiger partial charge in [-0.15, -0.1) is 0 Å². The highest BCUT2D eigenvalue weighted by Gasteiger charge is 2.40. The predicted octanol–water partition coefficient (Wildman–Crippen LogP) is 5.96. The molecule has 2 unspecified atom stereocenters. The first-order chi connectivity index (χ1) is 14.8. The molecule has 31 heavy (non-hydrogen) atoms. The molecule has 164 valence electrons. The van der Waals surface area contributed by atoms with E-state index in [1.165, 1.54) is 0 Å². The minimum Gasteiger partial charge on any atom is -0.284 e. The van der Waals surface area contributed by atoms with Gasteiger partial charge in [0.2, 0.25) is 0 Å². The van der Waals surface area contributed by atoms with Crippen molar-refractivity contribution in [3.05, 3.63) is 63.1 Å². The maximum absolute atomic E-state index is 13.2. The second-order valence-electron chi connectivity index (χ2n) is 8.32. The SMILES string of the molecule is CC1CCN(NC(=O)C2=NN(c3ccc(Cl)cc3Cl)C(c3ccc(Cl)cc3)C2C)CC1. The van der Waals surface area contributed by atoms with Gasteiger partial charge >= 0.3 is 0 Å². The van der Waals surface area contributed by atoms with Crippen molar-refractivity contribution in [2.45, 2.75) is 32.7 Å². The number of rotatable bonds is 4. The standard InChI is InChI=1S/C23H25Cl3N4O/c1-14-9-11-29(12-10-14)28-23(31)21-15(2)22(16-3-5-17(24)6-4-16)30(27-21)20-8-7-18(25)13-19(20)26/h3-8,13-15,22H,9-12H2,1-2H3,(H,28,31). The Balaban J connectivity index is 1.65. The number of anilines is 1. The minimum absolute atomic E-state index is 0.156. The van der Waals surface area contributed by atoms with Gasteiger partial charge in [0.15, 0.2) is 0 Å². The van der Waals surface area contributed by atoms with Gasteiger partial charge in [0.1, 0.15) is 5.71 Å². The molecular weight excluding hydrogens is 455 g/mol. The summed E-state index contributed by atoms with van der Waals surface area (Å²) in [7, 11) is 0. The van der Waals surface area contributed by atoms with Crippen molar-refractivity contribution in [3.8, 4) is 0 Å². The molecule has 2 aliphatic rings. The summed E-state index contributed by atoms with van der Waals surface area (Å²) in [6, 6.07) is 12.7. The molecule has 1 N–H and O–H groups in total. The zero-order valence-electron chi connectivity index (χ0n) is 17.5. The fourth-order valence-corrected chi connectivity index (χ4v) is 4.79. The van der Waals surface area contributed by atoms with Gasteiger partial charge in [0, 0.05) is 29.1 Å². The number of halogens is 3. The van der Waals surface area contributed by atoms with Crippen LogP contribution in [-0.2, 0) is 4.79 Å². The van der Waals surface area contributed by atoms with Crippen LogP contribution in [-0.4, -0.2) is 29.7 Å². The minimum atomic E-state index is -0.196. The Morgan fingerprint density at radius 1 is 1.00 bits per heavy atom. The number of piperidine rings is 1. The summed E-state index contributed by atoms with van der Waals surface area (Å²) in [5, 5.41) is 10.2.